The number of aromatic hydroxyl groups is 1. The third-order valence-corrected chi connectivity index (χ3v) is 3.88. The van der Waals surface area contributed by atoms with Gasteiger partial charge >= 0.3 is 5.97 Å². The van der Waals surface area contributed by atoms with Crippen molar-refractivity contribution in [2.75, 3.05) is 18.5 Å². The molecule has 2 aromatic carbocycles. The molecule has 136 valence electrons. The molecule has 8 heteroatoms. The number of benzene rings is 2. The van der Waals surface area contributed by atoms with E-state index in [1.54, 1.807) is 18.2 Å². The number of fused-ring (bicyclic) bond motifs is 1. The number of amides is 1. The molecule has 3 rings (SSSR count). The minimum atomic E-state index is -1.08. The highest BCUT2D eigenvalue weighted by Crippen LogP contribution is 2.32. The molecule has 1 aliphatic rings. The normalized spacial score (nSPS) is 13.6. The number of nitrogens with one attached hydrogen (secondary N) is 1. The summed E-state index contributed by atoms with van der Waals surface area (Å²) >= 11 is 5.72. The third-order valence-electron chi connectivity index (χ3n) is 3.64. The predicted octanol–water partition coefficient (Wildman–Crippen LogP) is 3.00. The molecule has 1 amide bonds. The van der Waals surface area contributed by atoms with Gasteiger partial charge in [0.2, 0.25) is 0 Å². The SMILES string of the molecule is C[C@H](OC(=O)c1ccc(Cl)cc1O)C(=O)Nc1ccc2c(c1)OCCO2. The molecular weight excluding hydrogens is 362 g/mol. The zero-order valence-corrected chi connectivity index (χ0v) is 14.6. The summed E-state index contributed by atoms with van der Waals surface area (Å²) in [5.74, 6) is -0.536. The molecule has 26 heavy (non-hydrogen) atoms. The number of ether oxygens (including phenoxy) is 3. The number of esters is 1. The van der Waals surface area contributed by atoms with Crippen LogP contribution in [0, 0.1) is 0 Å². The molecule has 0 aliphatic carbocycles. The lowest BCUT2D eigenvalue weighted by molar-refractivity contribution is -0.123. The van der Waals surface area contributed by atoms with E-state index < -0.39 is 18.0 Å². The smallest absolute Gasteiger partial charge is 0.342 e. The van der Waals surface area contributed by atoms with Gasteiger partial charge in [-0.05, 0) is 37.3 Å². The number of rotatable bonds is 4. The average molecular weight is 378 g/mol. The Bertz CT molecular complexity index is 854. The number of hydrogen-bond donors (Lipinski definition) is 2. The van der Waals surface area contributed by atoms with Crippen molar-refractivity contribution in [1.82, 2.24) is 0 Å². The van der Waals surface area contributed by atoms with Gasteiger partial charge in [0.25, 0.3) is 5.91 Å². The summed E-state index contributed by atoms with van der Waals surface area (Å²) in [4.78, 5) is 24.3. The fraction of sp³-hybridized carbons (Fsp3) is 0.222. The van der Waals surface area contributed by atoms with Crippen LogP contribution in [-0.4, -0.2) is 36.3 Å². The van der Waals surface area contributed by atoms with Crippen molar-refractivity contribution in [3.05, 3.63) is 47.0 Å². The molecule has 0 bridgehead atoms. The molecule has 0 aromatic heterocycles. The largest absolute Gasteiger partial charge is 0.507 e. The number of phenolic OH excluding ortho intramolecular Hbond substituents is 1. The predicted molar refractivity (Wildman–Crippen MR) is 94.1 cm³/mol. The lowest BCUT2D eigenvalue weighted by Crippen LogP contribution is -2.30. The first kappa shape index (κ1) is 17.9. The van der Waals surface area contributed by atoms with Gasteiger partial charge < -0.3 is 24.6 Å². The van der Waals surface area contributed by atoms with Gasteiger partial charge in [-0.3, -0.25) is 4.79 Å². The van der Waals surface area contributed by atoms with Crippen molar-refractivity contribution in [1.29, 1.82) is 0 Å². The molecule has 0 saturated carbocycles. The van der Waals surface area contributed by atoms with Crippen LogP contribution in [0.1, 0.15) is 17.3 Å². The Labute approximate surface area is 154 Å². The highest BCUT2D eigenvalue weighted by molar-refractivity contribution is 6.30. The molecule has 0 saturated heterocycles. The Hall–Kier alpha value is -2.93. The monoisotopic (exact) mass is 377 g/mol. The third kappa shape index (κ3) is 4.00. The minimum absolute atomic E-state index is 0.0756. The van der Waals surface area contributed by atoms with Crippen molar-refractivity contribution >= 4 is 29.2 Å². The summed E-state index contributed by atoms with van der Waals surface area (Å²) in [5.41, 5.74) is 0.407. The zero-order valence-electron chi connectivity index (χ0n) is 13.8. The molecular formula is C18H16ClNO6. The van der Waals surface area contributed by atoms with Gasteiger partial charge in [0.1, 0.15) is 24.5 Å². The summed E-state index contributed by atoms with van der Waals surface area (Å²) in [7, 11) is 0. The van der Waals surface area contributed by atoms with Gasteiger partial charge in [0.05, 0.1) is 0 Å². The van der Waals surface area contributed by atoms with E-state index in [-0.39, 0.29) is 16.3 Å². The molecule has 1 heterocycles. The van der Waals surface area contributed by atoms with Crippen LogP contribution in [0.25, 0.3) is 0 Å². The number of phenols is 1. The molecule has 2 aromatic rings. The molecule has 7 nitrogen and oxygen atoms in total. The number of anilines is 1. The van der Waals surface area contributed by atoms with Crippen molar-refractivity contribution in [2.24, 2.45) is 0 Å². The first-order valence-corrected chi connectivity index (χ1v) is 8.22. The molecule has 0 radical (unpaired) electrons. The van der Waals surface area contributed by atoms with Crippen molar-refractivity contribution in [3.8, 4) is 17.2 Å². The van der Waals surface area contributed by atoms with E-state index in [0.717, 1.165) is 0 Å². The summed E-state index contributed by atoms with van der Waals surface area (Å²) in [6.07, 6.45) is -1.08. The Morgan fingerprint density at radius 1 is 1.15 bits per heavy atom. The molecule has 0 unspecified atom stereocenters. The summed E-state index contributed by atoms with van der Waals surface area (Å²) in [5, 5.41) is 12.7. The molecule has 0 fully saturated rings. The second-order valence-electron chi connectivity index (χ2n) is 5.56. The molecule has 0 spiro atoms. The topological polar surface area (TPSA) is 94.1 Å². The fourth-order valence-electron chi connectivity index (χ4n) is 2.32. The Morgan fingerprint density at radius 2 is 1.88 bits per heavy atom. The first-order chi connectivity index (χ1) is 12.4. The van der Waals surface area contributed by atoms with Crippen LogP contribution < -0.4 is 14.8 Å². The van der Waals surface area contributed by atoms with Gasteiger partial charge in [-0.2, -0.15) is 0 Å². The fourth-order valence-corrected chi connectivity index (χ4v) is 2.49. The standard InChI is InChI=1S/C18H16ClNO6/c1-10(26-18(23)13-4-2-11(19)8-14(13)21)17(22)20-12-3-5-15-16(9-12)25-7-6-24-15/h2-5,8-10,21H,6-7H2,1H3,(H,20,22)/t10-/m0/s1. The van der Waals surface area contributed by atoms with Crippen LogP contribution >= 0.6 is 11.6 Å². The van der Waals surface area contributed by atoms with Crippen molar-refractivity contribution < 1.29 is 28.9 Å². The molecule has 1 atom stereocenters. The second-order valence-corrected chi connectivity index (χ2v) is 5.99. The van der Waals surface area contributed by atoms with Crippen LogP contribution in [0.5, 0.6) is 17.2 Å². The van der Waals surface area contributed by atoms with Crippen LogP contribution in [-0.2, 0) is 9.53 Å². The van der Waals surface area contributed by atoms with Crippen molar-refractivity contribution in [2.45, 2.75) is 13.0 Å². The van der Waals surface area contributed by atoms with E-state index in [4.69, 9.17) is 25.8 Å². The number of hydrogen-bond acceptors (Lipinski definition) is 6. The van der Waals surface area contributed by atoms with Gasteiger partial charge in [-0.25, -0.2) is 4.79 Å². The zero-order chi connectivity index (χ0) is 18.7. The van der Waals surface area contributed by atoms with E-state index in [2.05, 4.69) is 5.32 Å². The quantitative estimate of drug-likeness (QED) is 0.795. The Kier molecular flexibility index (Phi) is 5.18. The van der Waals surface area contributed by atoms with Crippen LogP contribution in [0.2, 0.25) is 5.02 Å². The summed E-state index contributed by atoms with van der Waals surface area (Å²) in [6, 6.07) is 8.96. The average Bonchev–Trinajstić information content (AvgIpc) is 2.61. The van der Waals surface area contributed by atoms with E-state index in [9.17, 15) is 14.7 Å². The maximum atomic E-state index is 12.2. The summed E-state index contributed by atoms with van der Waals surface area (Å²) in [6.45, 7) is 2.34. The van der Waals surface area contributed by atoms with Crippen LogP contribution in [0.15, 0.2) is 36.4 Å². The van der Waals surface area contributed by atoms with E-state index in [1.165, 1.54) is 25.1 Å². The van der Waals surface area contributed by atoms with E-state index in [1.807, 2.05) is 0 Å². The second kappa shape index (κ2) is 7.53. The Morgan fingerprint density at radius 3 is 2.62 bits per heavy atom. The lowest BCUT2D eigenvalue weighted by atomic mass is 10.2. The van der Waals surface area contributed by atoms with Gasteiger partial charge in [0, 0.05) is 16.8 Å². The highest BCUT2D eigenvalue weighted by Gasteiger charge is 2.22. The van der Waals surface area contributed by atoms with Crippen LogP contribution in [0.3, 0.4) is 0 Å². The van der Waals surface area contributed by atoms with Gasteiger partial charge in [0.15, 0.2) is 17.6 Å². The molecule has 2 N–H and O–H groups in total. The maximum Gasteiger partial charge on any atom is 0.342 e. The van der Waals surface area contributed by atoms with E-state index >= 15 is 0 Å². The number of carbonyl (C=O) groups excluding carboxylic acids is 2. The van der Waals surface area contributed by atoms with Crippen LogP contribution in [0.4, 0.5) is 5.69 Å². The number of halogens is 1. The Balaban J connectivity index is 1.63. The van der Waals surface area contributed by atoms with Crippen molar-refractivity contribution in [3.63, 3.8) is 0 Å². The van der Waals surface area contributed by atoms with Gasteiger partial charge in [-0.1, -0.05) is 11.6 Å². The van der Waals surface area contributed by atoms with E-state index in [0.29, 0.717) is 30.4 Å². The van der Waals surface area contributed by atoms with Gasteiger partial charge in [-0.15, -0.1) is 0 Å². The maximum absolute atomic E-state index is 12.2. The highest BCUT2D eigenvalue weighted by atomic mass is 35.5. The first-order valence-electron chi connectivity index (χ1n) is 7.84. The summed E-state index contributed by atoms with van der Waals surface area (Å²) < 4.78 is 16.0. The lowest BCUT2D eigenvalue weighted by Gasteiger charge is -2.19. The minimum Gasteiger partial charge on any atom is -0.507 e. The molecule has 1 aliphatic heterocycles. The number of carbonyl (C=O) groups is 2.